The van der Waals surface area contributed by atoms with E-state index in [-0.39, 0.29) is 11.1 Å². The molecule has 0 radical (unpaired) electrons. The van der Waals surface area contributed by atoms with Crippen LogP contribution in [0.15, 0.2) is 47.3 Å². The van der Waals surface area contributed by atoms with Gasteiger partial charge in [0.1, 0.15) is 5.56 Å². The summed E-state index contributed by atoms with van der Waals surface area (Å²) in [7, 11) is 0. The Balaban J connectivity index is 1.64. The number of rotatable bonds is 3. The maximum absolute atomic E-state index is 12.7. The smallest absolute Gasteiger partial charge is 0.261 e. The summed E-state index contributed by atoms with van der Waals surface area (Å²) in [5.74, 6) is -0.393. The summed E-state index contributed by atoms with van der Waals surface area (Å²) in [4.78, 5) is 30.4. The molecule has 0 saturated carbocycles. The van der Waals surface area contributed by atoms with Crippen LogP contribution in [0.4, 0.5) is 11.4 Å². The van der Waals surface area contributed by atoms with Crippen LogP contribution >= 0.6 is 0 Å². The first-order chi connectivity index (χ1) is 13.0. The maximum atomic E-state index is 12.7. The van der Waals surface area contributed by atoms with Crippen molar-refractivity contribution in [1.82, 2.24) is 4.98 Å². The third-order valence-electron chi connectivity index (χ3n) is 5.11. The van der Waals surface area contributed by atoms with Crippen LogP contribution in [0.3, 0.4) is 0 Å². The minimum absolute atomic E-state index is 0.124. The van der Waals surface area contributed by atoms with Gasteiger partial charge in [0.25, 0.3) is 11.5 Å². The van der Waals surface area contributed by atoms with Gasteiger partial charge in [-0.05, 0) is 68.0 Å². The number of fused-ring (bicyclic) bond motifs is 1. The molecule has 0 atom stereocenters. The molecule has 1 saturated heterocycles. The van der Waals surface area contributed by atoms with Crippen LogP contribution in [0.2, 0.25) is 0 Å². The van der Waals surface area contributed by atoms with Crippen LogP contribution in [0, 0.1) is 13.8 Å². The molecule has 5 nitrogen and oxygen atoms in total. The molecular formula is C22H23N3O2. The van der Waals surface area contributed by atoms with E-state index in [0.717, 1.165) is 40.8 Å². The van der Waals surface area contributed by atoms with E-state index in [2.05, 4.69) is 21.3 Å². The Bertz CT molecular complexity index is 1080. The lowest BCUT2D eigenvalue weighted by atomic mass is 10.1. The van der Waals surface area contributed by atoms with Crippen molar-refractivity contribution < 1.29 is 4.79 Å². The molecule has 1 fully saturated rings. The first-order valence-electron chi connectivity index (χ1n) is 9.32. The van der Waals surface area contributed by atoms with E-state index in [9.17, 15) is 9.59 Å². The summed E-state index contributed by atoms with van der Waals surface area (Å²) in [6.07, 6.45) is 2.39. The average Bonchev–Trinajstić information content (AvgIpc) is 3.17. The SMILES string of the molecule is Cc1cc(C)c2[nH]c(=O)c(C(=O)Nc3cccc(N4CCCC4)c3)cc2c1. The third-order valence-corrected chi connectivity index (χ3v) is 5.11. The van der Waals surface area contributed by atoms with Gasteiger partial charge in [0, 0.05) is 24.5 Å². The van der Waals surface area contributed by atoms with Gasteiger partial charge in [-0.2, -0.15) is 0 Å². The molecule has 1 amide bonds. The normalized spacial score (nSPS) is 13.9. The van der Waals surface area contributed by atoms with Crippen molar-refractivity contribution in [1.29, 1.82) is 0 Å². The summed E-state index contributed by atoms with van der Waals surface area (Å²) in [5.41, 5.74) is 4.41. The van der Waals surface area contributed by atoms with E-state index >= 15 is 0 Å². The fraction of sp³-hybridized carbons (Fsp3) is 0.273. The molecule has 138 valence electrons. The number of nitrogens with one attached hydrogen (secondary N) is 2. The lowest BCUT2D eigenvalue weighted by molar-refractivity contribution is 0.102. The Labute approximate surface area is 158 Å². The number of pyridine rings is 1. The number of anilines is 2. The summed E-state index contributed by atoms with van der Waals surface area (Å²) >= 11 is 0. The molecule has 0 spiro atoms. The molecule has 0 bridgehead atoms. The molecule has 0 unspecified atom stereocenters. The van der Waals surface area contributed by atoms with Gasteiger partial charge in [-0.3, -0.25) is 9.59 Å². The second kappa shape index (κ2) is 6.91. The zero-order valence-corrected chi connectivity index (χ0v) is 15.6. The molecule has 1 aliphatic heterocycles. The highest BCUT2D eigenvalue weighted by atomic mass is 16.2. The topological polar surface area (TPSA) is 65.2 Å². The Kier molecular flexibility index (Phi) is 4.44. The molecule has 2 N–H and O–H groups in total. The van der Waals surface area contributed by atoms with Crippen molar-refractivity contribution in [3.05, 3.63) is 69.5 Å². The lowest BCUT2D eigenvalue weighted by Gasteiger charge is -2.18. The van der Waals surface area contributed by atoms with Crippen molar-refractivity contribution in [2.45, 2.75) is 26.7 Å². The van der Waals surface area contributed by atoms with Crippen LogP contribution < -0.4 is 15.8 Å². The molecule has 2 heterocycles. The van der Waals surface area contributed by atoms with E-state index < -0.39 is 5.91 Å². The van der Waals surface area contributed by atoms with Gasteiger partial charge >= 0.3 is 0 Å². The fourth-order valence-electron chi connectivity index (χ4n) is 3.81. The highest BCUT2D eigenvalue weighted by molar-refractivity contribution is 6.06. The first kappa shape index (κ1) is 17.3. The summed E-state index contributed by atoms with van der Waals surface area (Å²) < 4.78 is 0. The monoisotopic (exact) mass is 361 g/mol. The van der Waals surface area contributed by atoms with Crippen LogP contribution in [-0.2, 0) is 0 Å². The lowest BCUT2D eigenvalue weighted by Crippen LogP contribution is -2.23. The van der Waals surface area contributed by atoms with Gasteiger partial charge in [0.15, 0.2) is 0 Å². The van der Waals surface area contributed by atoms with E-state index in [1.54, 1.807) is 6.07 Å². The summed E-state index contributed by atoms with van der Waals surface area (Å²) in [6, 6.07) is 13.5. The first-order valence-corrected chi connectivity index (χ1v) is 9.32. The number of aromatic amines is 1. The fourth-order valence-corrected chi connectivity index (χ4v) is 3.81. The van der Waals surface area contributed by atoms with Crippen molar-refractivity contribution >= 4 is 28.2 Å². The van der Waals surface area contributed by atoms with Gasteiger partial charge in [0.05, 0.1) is 5.52 Å². The average molecular weight is 361 g/mol. The number of hydrogen-bond acceptors (Lipinski definition) is 3. The second-order valence-corrected chi connectivity index (χ2v) is 7.26. The van der Waals surface area contributed by atoms with Crippen LogP contribution in [0.25, 0.3) is 10.9 Å². The minimum Gasteiger partial charge on any atom is -0.371 e. The Morgan fingerprint density at radius 2 is 1.85 bits per heavy atom. The second-order valence-electron chi connectivity index (χ2n) is 7.26. The predicted molar refractivity (Wildman–Crippen MR) is 110 cm³/mol. The standard InChI is InChI=1S/C22H23N3O2/c1-14-10-15(2)20-16(11-14)12-19(22(27)24-20)21(26)23-17-6-5-7-18(13-17)25-8-3-4-9-25/h5-7,10-13H,3-4,8-9H2,1-2H3,(H,23,26)(H,24,27). The van der Waals surface area contributed by atoms with Gasteiger partial charge in [0.2, 0.25) is 0 Å². The molecule has 0 aliphatic carbocycles. The van der Waals surface area contributed by atoms with Crippen LogP contribution in [-0.4, -0.2) is 24.0 Å². The van der Waals surface area contributed by atoms with Crippen molar-refractivity contribution in [2.24, 2.45) is 0 Å². The largest absolute Gasteiger partial charge is 0.371 e. The van der Waals surface area contributed by atoms with E-state index in [1.807, 2.05) is 44.2 Å². The zero-order valence-electron chi connectivity index (χ0n) is 15.6. The van der Waals surface area contributed by atoms with E-state index in [4.69, 9.17) is 0 Å². The maximum Gasteiger partial charge on any atom is 0.261 e. The highest BCUT2D eigenvalue weighted by Crippen LogP contribution is 2.24. The van der Waals surface area contributed by atoms with Gasteiger partial charge in [-0.1, -0.05) is 17.7 Å². The van der Waals surface area contributed by atoms with Gasteiger partial charge < -0.3 is 15.2 Å². The number of H-pyrrole nitrogens is 1. The van der Waals surface area contributed by atoms with Crippen molar-refractivity contribution in [2.75, 3.05) is 23.3 Å². The summed E-state index contributed by atoms with van der Waals surface area (Å²) in [5, 5.41) is 3.74. The number of nitrogens with zero attached hydrogens (tertiary/aromatic N) is 1. The van der Waals surface area contributed by atoms with Gasteiger partial charge in [-0.15, -0.1) is 0 Å². The number of aromatic nitrogens is 1. The number of aryl methyl sites for hydroxylation is 2. The van der Waals surface area contributed by atoms with E-state index in [1.165, 1.54) is 12.8 Å². The number of benzene rings is 2. The number of hydrogen-bond donors (Lipinski definition) is 2. The van der Waals surface area contributed by atoms with Crippen LogP contribution in [0.5, 0.6) is 0 Å². The van der Waals surface area contributed by atoms with Crippen LogP contribution in [0.1, 0.15) is 34.3 Å². The molecule has 2 aromatic carbocycles. The number of amides is 1. The Morgan fingerprint density at radius 3 is 2.63 bits per heavy atom. The molecule has 27 heavy (non-hydrogen) atoms. The Morgan fingerprint density at radius 1 is 1.07 bits per heavy atom. The molecular weight excluding hydrogens is 338 g/mol. The molecule has 1 aromatic heterocycles. The molecule has 5 heteroatoms. The highest BCUT2D eigenvalue weighted by Gasteiger charge is 2.15. The molecule has 1 aliphatic rings. The Hall–Kier alpha value is -3.08. The van der Waals surface area contributed by atoms with E-state index in [0.29, 0.717) is 5.69 Å². The predicted octanol–water partition coefficient (Wildman–Crippen LogP) is 4.00. The number of carbonyl (C=O) groups is 1. The quantitative estimate of drug-likeness (QED) is 0.741. The third kappa shape index (κ3) is 3.45. The molecule has 4 rings (SSSR count). The minimum atomic E-state index is -0.393. The number of carbonyl (C=O) groups excluding carboxylic acids is 1. The van der Waals surface area contributed by atoms with Crippen molar-refractivity contribution in [3.63, 3.8) is 0 Å². The molecule has 3 aromatic rings. The van der Waals surface area contributed by atoms with Crippen molar-refractivity contribution in [3.8, 4) is 0 Å². The zero-order chi connectivity index (χ0) is 19.0. The van der Waals surface area contributed by atoms with Gasteiger partial charge in [-0.25, -0.2) is 0 Å². The summed E-state index contributed by atoms with van der Waals surface area (Å²) in [6.45, 7) is 6.04.